The number of aromatic nitrogens is 3. The molecule has 1 aromatic heterocycles. The Balaban J connectivity index is 1.33. The van der Waals surface area contributed by atoms with Crippen molar-refractivity contribution in [1.82, 2.24) is 20.1 Å². The van der Waals surface area contributed by atoms with Crippen molar-refractivity contribution in [1.29, 1.82) is 0 Å². The molecule has 0 saturated heterocycles. The van der Waals surface area contributed by atoms with Crippen molar-refractivity contribution < 1.29 is 23.8 Å². The van der Waals surface area contributed by atoms with Crippen molar-refractivity contribution in [2.24, 2.45) is 0 Å². The molecule has 0 unspecified atom stereocenters. The first-order chi connectivity index (χ1) is 15.1. The molecule has 4 rings (SSSR count). The van der Waals surface area contributed by atoms with Gasteiger partial charge in [0.05, 0.1) is 18.6 Å². The number of carbonyl (C=O) groups excluding carboxylic acids is 2. The first-order valence-electron chi connectivity index (χ1n) is 9.31. The minimum atomic E-state index is -0.645. The average Bonchev–Trinajstić information content (AvgIpc) is 3.26. The molecule has 0 bridgehead atoms. The highest BCUT2D eigenvalue weighted by Gasteiger charge is 2.16. The van der Waals surface area contributed by atoms with E-state index in [0.717, 1.165) is 17.4 Å². The lowest BCUT2D eigenvalue weighted by Gasteiger charge is -2.19. The highest BCUT2D eigenvalue weighted by atomic mass is 32.2. The molecule has 0 fully saturated rings. The maximum atomic E-state index is 12.2. The zero-order valence-corrected chi connectivity index (χ0v) is 17.3. The van der Waals surface area contributed by atoms with Gasteiger partial charge in [0.2, 0.25) is 5.91 Å². The largest absolute Gasteiger partial charge is 0.495 e. The Morgan fingerprint density at radius 2 is 1.97 bits per heavy atom. The SMILES string of the molecule is COc1ccccc1-n1cnnc1SCC(=O)NC(=O)Nc1ccc2c(c1)OCCO2. The third-order valence-electron chi connectivity index (χ3n) is 4.25. The summed E-state index contributed by atoms with van der Waals surface area (Å²) >= 11 is 1.15. The number of nitrogens with zero attached hydrogens (tertiary/aromatic N) is 3. The molecule has 160 valence electrons. The molecule has 10 nitrogen and oxygen atoms in total. The van der Waals surface area contributed by atoms with Crippen molar-refractivity contribution in [3.63, 3.8) is 0 Å². The van der Waals surface area contributed by atoms with Gasteiger partial charge < -0.3 is 19.5 Å². The van der Waals surface area contributed by atoms with Crippen LogP contribution in [0.5, 0.6) is 17.2 Å². The van der Waals surface area contributed by atoms with E-state index in [1.165, 1.54) is 6.33 Å². The van der Waals surface area contributed by atoms with Gasteiger partial charge in [-0.05, 0) is 24.3 Å². The number of methoxy groups -OCH3 is 1. The van der Waals surface area contributed by atoms with Gasteiger partial charge in [0.15, 0.2) is 16.7 Å². The molecule has 3 amide bonds. The molecule has 0 atom stereocenters. The second-order valence-electron chi connectivity index (χ2n) is 6.30. The van der Waals surface area contributed by atoms with Gasteiger partial charge in [0.25, 0.3) is 0 Å². The van der Waals surface area contributed by atoms with Crippen LogP contribution >= 0.6 is 11.8 Å². The lowest BCUT2D eigenvalue weighted by Crippen LogP contribution is -2.35. The minimum absolute atomic E-state index is 0.0254. The Hall–Kier alpha value is -3.73. The number of ether oxygens (including phenoxy) is 3. The van der Waals surface area contributed by atoms with Crippen molar-refractivity contribution in [2.45, 2.75) is 5.16 Å². The van der Waals surface area contributed by atoms with Crippen molar-refractivity contribution in [2.75, 3.05) is 31.4 Å². The van der Waals surface area contributed by atoms with Crippen molar-refractivity contribution in [3.05, 3.63) is 48.8 Å². The summed E-state index contributed by atoms with van der Waals surface area (Å²) in [6.45, 7) is 0.926. The summed E-state index contributed by atoms with van der Waals surface area (Å²) in [6, 6.07) is 11.8. The highest BCUT2D eigenvalue weighted by Crippen LogP contribution is 2.32. The molecule has 0 radical (unpaired) electrons. The van der Waals surface area contributed by atoms with Crippen LogP contribution in [0.4, 0.5) is 10.5 Å². The van der Waals surface area contributed by atoms with Gasteiger partial charge >= 0.3 is 6.03 Å². The van der Waals surface area contributed by atoms with Gasteiger partial charge in [-0.1, -0.05) is 23.9 Å². The van der Waals surface area contributed by atoms with Crippen LogP contribution in [0.25, 0.3) is 5.69 Å². The number of imide groups is 1. The number of anilines is 1. The maximum absolute atomic E-state index is 12.2. The quantitative estimate of drug-likeness (QED) is 0.561. The Labute approximate surface area is 181 Å². The fraction of sp³-hybridized carbons (Fsp3) is 0.200. The van der Waals surface area contributed by atoms with Crippen LogP contribution in [0.2, 0.25) is 0 Å². The molecule has 11 heteroatoms. The number of rotatable bonds is 6. The first kappa shape index (κ1) is 20.5. The smallest absolute Gasteiger partial charge is 0.325 e. The number of urea groups is 1. The van der Waals surface area contributed by atoms with Gasteiger partial charge in [0.1, 0.15) is 25.3 Å². The van der Waals surface area contributed by atoms with Crippen LogP contribution in [-0.2, 0) is 4.79 Å². The van der Waals surface area contributed by atoms with Crippen LogP contribution in [-0.4, -0.2) is 52.8 Å². The maximum Gasteiger partial charge on any atom is 0.325 e. The molecular formula is C20H19N5O5S. The molecule has 3 aromatic rings. The van der Waals surface area contributed by atoms with Crippen LogP contribution in [0.1, 0.15) is 0 Å². The molecule has 0 aliphatic carbocycles. The molecule has 1 aliphatic rings. The van der Waals surface area contributed by atoms with Gasteiger partial charge in [-0.2, -0.15) is 0 Å². The van der Waals surface area contributed by atoms with E-state index in [9.17, 15) is 9.59 Å². The fourth-order valence-electron chi connectivity index (χ4n) is 2.89. The third-order valence-corrected chi connectivity index (χ3v) is 5.19. The summed E-state index contributed by atoms with van der Waals surface area (Å²) in [7, 11) is 1.57. The minimum Gasteiger partial charge on any atom is -0.495 e. The lowest BCUT2D eigenvalue weighted by molar-refractivity contribution is -0.117. The number of para-hydroxylation sites is 2. The van der Waals surface area contributed by atoms with Crippen LogP contribution in [0, 0.1) is 0 Å². The Kier molecular flexibility index (Phi) is 6.22. The van der Waals surface area contributed by atoms with Crippen molar-refractivity contribution in [3.8, 4) is 22.9 Å². The van der Waals surface area contributed by atoms with E-state index in [4.69, 9.17) is 14.2 Å². The number of fused-ring (bicyclic) bond motifs is 1. The van der Waals surface area contributed by atoms with Gasteiger partial charge in [-0.15, -0.1) is 10.2 Å². The number of nitrogens with one attached hydrogen (secondary N) is 2. The molecule has 2 N–H and O–H groups in total. The number of hydrogen-bond acceptors (Lipinski definition) is 8. The molecule has 31 heavy (non-hydrogen) atoms. The van der Waals surface area contributed by atoms with Gasteiger partial charge in [-0.3, -0.25) is 14.7 Å². The topological polar surface area (TPSA) is 117 Å². The summed E-state index contributed by atoms with van der Waals surface area (Å²) < 4.78 is 18.0. The van der Waals surface area contributed by atoms with E-state index in [1.54, 1.807) is 29.9 Å². The average molecular weight is 441 g/mol. The van der Waals surface area contributed by atoms with E-state index in [0.29, 0.717) is 41.3 Å². The molecule has 2 aromatic carbocycles. The standard InChI is InChI=1S/C20H19N5O5S/c1-28-15-5-3-2-4-14(15)25-12-21-24-20(25)31-11-18(26)23-19(27)22-13-6-7-16-17(10-13)30-9-8-29-16/h2-7,10,12H,8-9,11H2,1H3,(H2,22,23,26,27). The van der Waals surface area contributed by atoms with E-state index < -0.39 is 11.9 Å². The number of amides is 3. The predicted molar refractivity (Wildman–Crippen MR) is 113 cm³/mol. The first-order valence-corrected chi connectivity index (χ1v) is 10.3. The van der Waals surface area contributed by atoms with Gasteiger partial charge in [0, 0.05) is 11.8 Å². The van der Waals surface area contributed by atoms with Crippen LogP contribution in [0.15, 0.2) is 53.9 Å². The monoisotopic (exact) mass is 441 g/mol. The van der Waals surface area contributed by atoms with Gasteiger partial charge in [-0.25, -0.2) is 4.79 Å². The zero-order valence-electron chi connectivity index (χ0n) is 16.5. The Morgan fingerprint density at radius 3 is 2.81 bits per heavy atom. The third kappa shape index (κ3) is 4.89. The highest BCUT2D eigenvalue weighted by molar-refractivity contribution is 7.99. The summed E-state index contributed by atoms with van der Waals surface area (Å²) in [5, 5.41) is 13.3. The summed E-state index contributed by atoms with van der Waals surface area (Å²) in [6.07, 6.45) is 1.53. The molecule has 0 saturated carbocycles. The Bertz CT molecular complexity index is 1100. The van der Waals surface area contributed by atoms with Crippen molar-refractivity contribution >= 4 is 29.4 Å². The van der Waals surface area contributed by atoms with E-state index in [-0.39, 0.29) is 5.75 Å². The molecular weight excluding hydrogens is 422 g/mol. The lowest BCUT2D eigenvalue weighted by atomic mass is 10.2. The summed E-state index contributed by atoms with van der Waals surface area (Å²) in [5.74, 6) is 1.30. The Morgan fingerprint density at radius 1 is 1.16 bits per heavy atom. The number of carbonyl (C=O) groups is 2. The molecule has 1 aliphatic heterocycles. The van der Waals surface area contributed by atoms with Crippen LogP contribution < -0.4 is 24.8 Å². The van der Waals surface area contributed by atoms with Crippen LogP contribution in [0.3, 0.4) is 0 Å². The fourth-order valence-corrected chi connectivity index (χ4v) is 3.61. The predicted octanol–water partition coefficient (Wildman–Crippen LogP) is 2.49. The summed E-state index contributed by atoms with van der Waals surface area (Å²) in [4.78, 5) is 24.4. The number of benzene rings is 2. The normalized spacial score (nSPS) is 12.2. The number of hydrogen-bond donors (Lipinski definition) is 2. The van der Waals surface area contributed by atoms with E-state index in [1.807, 2.05) is 24.3 Å². The summed E-state index contributed by atoms with van der Waals surface area (Å²) in [5.41, 5.74) is 1.23. The molecule has 0 spiro atoms. The van der Waals surface area contributed by atoms with E-state index >= 15 is 0 Å². The molecule has 2 heterocycles. The number of thioether (sulfide) groups is 1. The second kappa shape index (κ2) is 9.39. The second-order valence-corrected chi connectivity index (χ2v) is 7.25. The van der Waals surface area contributed by atoms with E-state index in [2.05, 4.69) is 20.8 Å². The zero-order chi connectivity index (χ0) is 21.6.